The standard InChI is InChI=1S/C25H20Cl2N2O3/c1-14-10-15(2)12-18(11-14)28-24(30)21-22(19-9-8-16(26)13-20(19)27)29(32-23(21)25(28)31)17-6-4-3-5-7-17/h3-13,21-23H,1-2H3. The van der Waals surface area contributed by atoms with Gasteiger partial charge in [0.2, 0.25) is 5.91 Å². The molecule has 2 fully saturated rings. The fourth-order valence-corrected chi connectivity index (χ4v) is 5.13. The molecule has 0 bridgehead atoms. The molecular formula is C25H20Cl2N2O3. The molecule has 3 aromatic rings. The molecule has 2 aliphatic rings. The van der Waals surface area contributed by atoms with Crippen LogP contribution in [0.2, 0.25) is 10.0 Å². The molecule has 5 nitrogen and oxygen atoms in total. The van der Waals surface area contributed by atoms with Gasteiger partial charge in [-0.2, -0.15) is 0 Å². The fourth-order valence-electron chi connectivity index (χ4n) is 4.60. The molecular weight excluding hydrogens is 447 g/mol. The summed E-state index contributed by atoms with van der Waals surface area (Å²) in [4.78, 5) is 34.5. The number of carbonyl (C=O) groups is 2. The first-order valence-electron chi connectivity index (χ1n) is 10.3. The van der Waals surface area contributed by atoms with E-state index in [1.54, 1.807) is 23.3 Å². The van der Waals surface area contributed by atoms with Crippen LogP contribution >= 0.6 is 23.2 Å². The molecule has 0 N–H and O–H groups in total. The van der Waals surface area contributed by atoms with Gasteiger partial charge in [-0.15, -0.1) is 0 Å². The highest BCUT2D eigenvalue weighted by Crippen LogP contribution is 2.49. The second-order valence-electron chi connectivity index (χ2n) is 8.18. The van der Waals surface area contributed by atoms with Crippen LogP contribution in [-0.2, 0) is 14.4 Å². The van der Waals surface area contributed by atoms with Gasteiger partial charge in [0.25, 0.3) is 5.91 Å². The minimum absolute atomic E-state index is 0.306. The zero-order valence-corrected chi connectivity index (χ0v) is 19.0. The second kappa shape index (κ2) is 7.93. The lowest BCUT2D eigenvalue weighted by molar-refractivity contribution is -0.126. The van der Waals surface area contributed by atoms with Gasteiger partial charge in [0.1, 0.15) is 5.92 Å². The van der Waals surface area contributed by atoms with Crippen molar-refractivity contribution < 1.29 is 14.4 Å². The smallest absolute Gasteiger partial charge is 0.266 e. The van der Waals surface area contributed by atoms with E-state index in [1.807, 2.05) is 62.4 Å². The third kappa shape index (κ3) is 3.37. The van der Waals surface area contributed by atoms with Crippen LogP contribution in [0.3, 0.4) is 0 Å². The van der Waals surface area contributed by atoms with Crippen molar-refractivity contribution in [1.82, 2.24) is 0 Å². The average molecular weight is 467 g/mol. The van der Waals surface area contributed by atoms with Gasteiger partial charge in [0.05, 0.1) is 17.4 Å². The summed E-state index contributed by atoms with van der Waals surface area (Å²) in [6.45, 7) is 3.87. The zero-order chi connectivity index (χ0) is 22.6. The second-order valence-corrected chi connectivity index (χ2v) is 9.03. The number of aryl methyl sites for hydroxylation is 2. The summed E-state index contributed by atoms with van der Waals surface area (Å²) in [7, 11) is 0. The number of hydroxylamine groups is 1. The maximum Gasteiger partial charge on any atom is 0.266 e. The van der Waals surface area contributed by atoms with Crippen LogP contribution in [0.5, 0.6) is 0 Å². The zero-order valence-electron chi connectivity index (χ0n) is 17.5. The summed E-state index contributed by atoms with van der Waals surface area (Å²) in [6, 6.07) is 19.6. The first-order chi connectivity index (χ1) is 15.3. The molecule has 0 spiro atoms. The highest BCUT2D eigenvalue weighted by atomic mass is 35.5. The van der Waals surface area contributed by atoms with Gasteiger partial charge in [0, 0.05) is 10.0 Å². The molecule has 5 rings (SSSR count). The maximum absolute atomic E-state index is 13.7. The summed E-state index contributed by atoms with van der Waals surface area (Å²) >= 11 is 12.7. The Morgan fingerprint density at radius 3 is 2.16 bits per heavy atom. The number of hydrogen-bond donors (Lipinski definition) is 0. The number of benzene rings is 3. The Bertz CT molecular complexity index is 1210. The van der Waals surface area contributed by atoms with Crippen LogP contribution in [0.25, 0.3) is 0 Å². The SMILES string of the molecule is Cc1cc(C)cc(N2C(=O)C3ON(c4ccccc4)C(c4ccc(Cl)cc4Cl)C3C2=O)c1. The lowest BCUT2D eigenvalue weighted by atomic mass is 9.90. The van der Waals surface area contributed by atoms with Crippen molar-refractivity contribution in [2.75, 3.05) is 9.96 Å². The lowest BCUT2D eigenvalue weighted by Gasteiger charge is -2.29. The highest BCUT2D eigenvalue weighted by Gasteiger charge is 2.60. The molecule has 2 aliphatic heterocycles. The highest BCUT2D eigenvalue weighted by molar-refractivity contribution is 6.35. The number of hydrogen-bond acceptors (Lipinski definition) is 4. The average Bonchev–Trinajstić information content (AvgIpc) is 3.24. The summed E-state index contributed by atoms with van der Waals surface area (Å²) in [5.74, 6) is -1.43. The van der Waals surface area contributed by atoms with Crippen LogP contribution < -0.4 is 9.96 Å². The molecule has 32 heavy (non-hydrogen) atoms. The largest absolute Gasteiger partial charge is 0.273 e. The Hall–Kier alpha value is -2.86. The molecule has 2 heterocycles. The first kappa shape index (κ1) is 21.0. The predicted molar refractivity (Wildman–Crippen MR) is 125 cm³/mol. The molecule has 3 atom stereocenters. The van der Waals surface area contributed by atoms with E-state index >= 15 is 0 Å². The van der Waals surface area contributed by atoms with E-state index in [0.29, 0.717) is 21.3 Å². The van der Waals surface area contributed by atoms with Gasteiger partial charge >= 0.3 is 0 Å². The minimum atomic E-state index is -0.944. The Labute approximate surface area is 196 Å². The van der Waals surface area contributed by atoms with E-state index in [2.05, 4.69) is 0 Å². The van der Waals surface area contributed by atoms with Crippen LogP contribution in [0.1, 0.15) is 22.7 Å². The number of rotatable bonds is 3. The summed E-state index contributed by atoms with van der Waals surface area (Å²) in [6.07, 6.45) is -0.944. The number of para-hydroxylation sites is 1. The Morgan fingerprint density at radius 1 is 0.812 bits per heavy atom. The number of fused-ring (bicyclic) bond motifs is 1. The van der Waals surface area contributed by atoms with Crippen molar-refractivity contribution in [2.45, 2.75) is 26.0 Å². The van der Waals surface area contributed by atoms with E-state index in [1.165, 1.54) is 4.90 Å². The van der Waals surface area contributed by atoms with E-state index in [9.17, 15) is 9.59 Å². The van der Waals surface area contributed by atoms with Gasteiger partial charge in [-0.1, -0.05) is 53.5 Å². The van der Waals surface area contributed by atoms with Crippen LogP contribution in [-0.4, -0.2) is 17.9 Å². The molecule has 3 aromatic carbocycles. The monoisotopic (exact) mass is 466 g/mol. The van der Waals surface area contributed by atoms with Crippen molar-refractivity contribution in [3.05, 3.63) is 93.5 Å². The van der Waals surface area contributed by atoms with Crippen LogP contribution in [0, 0.1) is 19.8 Å². The molecule has 0 aromatic heterocycles. The van der Waals surface area contributed by atoms with Gasteiger partial charge < -0.3 is 0 Å². The number of amides is 2. The molecule has 2 saturated heterocycles. The van der Waals surface area contributed by atoms with E-state index in [0.717, 1.165) is 16.8 Å². The summed E-state index contributed by atoms with van der Waals surface area (Å²) < 4.78 is 0. The lowest BCUT2D eigenvalue weighted by Crippen LogP contribution is -2.37. The number of nitrogens with zero attached hydrogens (tertiary/aromatic N) is 2. The van der Waals surface area contributed by atoms with Crippen molar-refractivity contribution in [3.63, 3.8) is 0 Å². The predicted octanol–water partition coefficient (Wildman–Crippen LogP) is 5.66. The molecule has 0 aliphatic carbocycles. The van der Waals surface area contributed by atoms with Crippen LogP contribution in [0.4, 0.5) is 11.4 Å². The molecule has 162 valence electrons. The number of halogens is 2. The van der Waals surface area contributed by atoms with Crippen molar-refractivity contribution in [2.24, 2.45) is 5.92 Å². The van der Waals surface area contributed by atoms with Gasteiger partial charge in [0.15, 0.2) is 6.10 Å². The van der Waals surface area contributed by atoms with Crippen molar-refractivity contribution in [3.8, 4) is 0 Å². The molecule has 3 unspecified atom stereocenters. The Kier molecular flexibility index (Phi) is 5.20. The number of anilines is 2. The van der Waals surface area contributed by atoms with E-state index in [-0.39, 0.29) is 11.8 Å². The number of carbonyl (C=O) groups excluding carboxylic acids is 2. The molecule has 0 saturated carbocycles. The molecule has 7 heteroatoms. The van der Waals surface area contributed by atoms with Crippen molar-refractivity contribution in [1.29, 1.82) is 0 Å². The third-order valence-corrected chi connectivity index (χ3v) is 6.43. The molecule has 0 radical (unpaired) electrons. The van der Waals surface area contributed by atoms with E-state index in [4.69, 9.17) is 28.0 Å². The third-order valence-electron chi connectivity index (χ3n) is 5.87. The first-order valence-corrected chi connectivity index (χ1v) is 11.0. The minimum Gasteiger partial charge on any atom is -0.273 e. The fraction of sp³-hybridized carbons (Fsp3) is 0.200. The maximum atomic E-state index is 13.7. The van der Waals surface area contributed by atoms with Gasteiger partial charge in [-0.25, -0.2) is 9.96 Å². The van der Waals surface area contributed by atoms with Crippen LogP contribution in [0.15, 0.2) is 66.7 Å². The van der Waals surface area contributed by atoms with Gasteiger partial charge in [-0.05, 0) is 66.9 Å². The van der Waals surface area contributed by atoms with Crippen molar-refractivity contribution >= 4 is 46.4 Å². The Balaban J connectivity index is 1.62. The summed E-state index contributed by atoms with van der Waals surface area (Å²) in [5.41, 5.74) is 3.92. The topological polar surface area (TPSA) is 49.9 Å². The van der Waals surface area contributed by atoms with Gasteiger partial charge in [-0.3, -0.25) is 14.4 Å². The number of imide groups is 1. The quantitative estimate of drug-likeness (QED) is 0.467. The van der Waals surface area contributed by atoms with E-state index < -0.39 is 18.1 Å². The molecule has 2 amide bonds. The normalized spacial score (nSPS) is 22.6. The summed E-state index contributed by atoms with van der Waals surface area (Å²) in [5, 5.41) is 2.53. The Morgan fingerprint density at radius 2 is 1.50 bits per heavy atom.